The molecule has 16 heavy (non-hydrogen) atoms. The maximum atomic E-state index is 5.62. The van der Waals surface area contributed by atoms with Crippen LogP contribution in [-0.2, 0) is 4.74 Å². The highest BCUT2D eigenvalue weighted by molar-refractivity contribution is 7.99. The Bertz CT molecular complexity index is 346. The van der Waals surface area contributed by atoms with Crippen LogP contribution in [0.1, 0.15) is 30.2 Å². The van der Waals surface area contributed by atoms with Crippen molar-refractivity contribution in [3.8, 4) is 0 Å². The second-order valence-corrected chi connectivity index (χ2v) is 5.26. The van der Waals surface area contributed by atoms with Crippen LogP contribution in [0.25, 0.3) is 0 Å². The van der Waals surface area contributed by atoms with Gasteiger partial charge in [-0.15, -0.1) is 0 Å². The number of nitrogens with one attached hydrogen (secondary N) is 1. The van der Waals surface area contributed by atoms with Gasteiger partial charge in [0.25, 0.3) is 0 Å². The first-order chi connectivity index (χ1) is 7.93. The second kappa shape index (κ2) is 4.73. The van der Waals surface area contributed by atoms with E-state index in [2.05, 4.69) is 15.5 Å². The summed E-state index contributed by atoms with van der Waals surface area (Å²) in [7, 11) is 0. The number of aromatic nitrogens is 2. The summed E-state index contributed by atoms with van der Waals surface area (Å²) in [6, 6.07) is 0. The first kappa shape index (κ1) is 10.6. The average Bonchev–Trinajstić information content (AvgIpc) is 3.01. The Kier molecular flexibility index (Phi) is 3.12. The molecule has 0 spiro atoms. The first-order valence-electron chi connectivity index (χ1n) is 5.67. The molecule has 0 aliphatic carbocycles. The zero-order valence-corrected chi connectivity index (χ0v) is 9.83. The number of hydrogen-bond acceptors (Lipinski definition) is 6. The van der Waals surface area contributed by atoms with E-state index in [0.29, 0.717) is 11.7 Å². The van der Waals surface area contributed by atoms with E-state index in [9.17, 15) is 0 Å². The summed E-state index contributed by atoms with van der Waals surface area (Å²) in [4.78, 5) is 4.46. The summed E-state index contributed by atoms with van der Waals surface area (Å²) in [5.74, 6) is 3.86. The molecule has 3 rings (SSSR count). The molecule has 0 saturated carbocycles. The maximum absolute atomic E-state index is 5.62. The van der Waals surface area contributed by atoms with E-state index in [1.165, 1.54) is 0 Å². The van der Waals surface area contributed by atoms with Crippen LogP contribution in [0.2, 0.25) is 0 Å². The van der Waals surface area contributed by atoms with Crippen LogP contribution in [0, 0.1) is 0 Å². The number of thioether (sulfide) groups is 1. The molecule has 0 amide bonds. The molecular formula is C10H15N3O2S. The molecule has 6 heteroatoms. The van der Waals surface area contributed by atoms with Gasteiger partial charge in [0.15, 0.2) is 0 Å². The fourth-order valence-electron chi connectivity index (χ4n) is 2.05. The molecule has 2 fully saturated rings. The summed E-state index contributed by atoms with van der Waals surface area (Å²) in [6.45, 7) is 2.77. The van der Waals surface area contributed by atoms with Crippen molar-refractivity contribution in [2.75, 3.05) is 31.2 Å². The molecule has 2 atom stereocenters. The third-order valence-corrected chi connectivity index (χ3v) is 3.96. The van der Waals surface area contributed by atoms with Crippen molar-refractivity contribution in [1.82, 2.24) is 15.5 Å². The van der Waals surface area contributed by atoms with Crippen molar-refractivity contribution in [2.24, 2.45) is 0 Å². The van der Waals surface area contributed by atoms with Gasteiger partial charge in [-0.3, -0.25) is 0 Å². The SMILES string of the molecule is C1CC(c2nc(C3CSCCO3)no2)CN1. The molecule has 2 saturated heterocycles. The minimum absolute atomic E-state index is 0.0191. The first-order valence-corrected chi connectivity index (χ1v) is 6.82. The van der Waals surface area contributed by atoms with E-state index in [1.54, 1.807) is 0 Å². The smallest absolute Gasteiger partial charge is 0.231 e. The molecule has 88 valence electrons. The lowest BCUT2D eigenvalue weighted by molar-refractivity contribution is 0.0677. The molecule has 2 aliphatic heterocycles. The number of nitrogens with zero attached hydrogens (tertiary/aromatic N) is 2. The molecule has 1 aromatic heterocycles. The molecule has 1 aromatic rings. The van der Waals surface area contributed by atoms with Crippen LogP contribution in [0.5, 0.6) is 0 Å². The molecule has 2 aliphatic rings. The van der Waals surface area contributed by atoms with Gasteiger partial charge in [-0.25, -0.2) is 0 Å². The highest BCUT2D eigenvalue weighted by atomic mass is 32.2. The van der Waals surface area contributed by atoms with Crippen molar-refractivity contribution in [3.05, 3.63) is 11.7 Å². The lowest BCUT2D eigenvalue weighted by Gasteiger charge is -2.18. The third-order valence-electron chi connectivity index (χ3n) is 2.97. The molecule has 1 N–H and O–H groups in total. The number of rotatable bonds is 2. The predicted molar refractivity (Wildman–Crippen MR) is 60.5 cm³/mol. The monoisotopic (exact) mass is 241 g/mol. The van der Waals surface area contributed by atoms with Crippen LogP contribution in [0.3, 0.4) is 0 Å². The Morgan fingerprint density at radius 3 is 3.19 bits per heavy atom. The average molecular weight is 241 g/mol. The molecule has 3 heterocycles. The molecule has 0 bridgehead atoms. The lowest BCUT2D eigenvalue weighted by atomic mass is 10.1. The van der Waals surface area contributed by atoms with Crippen molar-refractivity contribution in [1.29, 1.82) is 0 Å². The molecule has 2 unspecified atom stereocenters. The van der Waals surface area contributed by atoms with E-state index < -0.39 is 0 Å². The van der Waals surface area contributed by atoms with Crippen LogP contribution >= 0.6 is 11.8 Å². The van der Waals surface area contributed by atoms with Gasteiger partial charge in [0.2, 0.25) is 11.7 Å². The lowest BCUT2D eigenvalue weighted by Crippen LogP contribution is -2.17. The van der Waals surface area contributed by atoms with E-state index in [1.807, 2.05) is 11.8 Å². The third kappa shape index (κ3) is 2.09. The van der Waals surface area contributed by atoms with Crippen molar-refractivity contribution >= 4 is 11.8 Å². The Balaban J connectivity index is 1.71. The van der Waals surface area contributed by atoms with Gasteiger partial charge in [-0.2, -0.15) is 16.7 Å². The minimum atomic E-state index is 0.0191. The van der Waals surface area contributed by atoms with Crippen LogP contribution in [-0.4, -0.2) is 41.3 Å². The second-order valence-electron chi connectivity index (χ2n) is 4.11. The summed E-state index contributed by atoms with van der Waals surface area (Å²) >= 11 is 1.88. The fourth-order valence-corrected chi connectivity index (χ4v) is 2.89. The quantitative estimate of drug-likeness (QED) is 0.832. The van der Waals surface area contributed by atoms with E-state index >= 15 is 0 Å². The largest absolute Gasteiger partial charge is 0.368 e. The van der Waals surface area contributed by atoms with Crippen LogP contribution in [0.15, 0.2) is 4.52 Å². The van der Waals surface area contributed by atoms with Crippen molar-refractivity contribution in [3.63, 3.8) is 0 Å². The molecule has 0 aromatic carbocycles. The van der Waals surface area contributed by atoms with Gasteiger partial charge in [0, 0.05) is 18.1 Å². The van der Waals surface area contributed by atoms with Crippen LogP contribution in [0.4, 0.5) is 0 Å². The van der Waals surface area contributed by atoms with Gasteiger partial charge in [0.05, 0.1) is 12.5 Å². The molecule has 0 radical (unpaired) electrons. The van der Waals surface area contributed by atoms with Gasteiger partial charge < -0.3 is 14.6 Å². The Hall–Kier alpha value is -0.590. The Morgan fingerprint density at radius 1 is 1.44 bits per heavy atom. The fraction of sp³-hybridized carbons (Fsp3) is 0.800. The molecule has 5 nitrogen and oxygen atoms in total. The van der Waals surface area contributed by atoms with E-state index in [-0.39, 0.29) is 6.10 Å². The van der Waals surface area contributed by atoms with Gasteiger partial charge >= 0.3 is 0 Å². The minimum Gasteiger partial charge on any atom is -0.368 e. The standard InChI is InChI=1S/C10H15N3O2S/c1-2-11-5-7(1)10-12-9(13-15-10)8-6-16-4-3-14-8/h7-8,11H,1-6H2. The summed E-state index contributed by atoms with van der Waals surface area (Å²) in [5, 5.41) is 7.33. The Labute approximate surface area is 98.3 Å². The van der Waals surface area contributed by atoms with E-state index in [0.717, 1.165) is 43.5 Å². The van der Waals surface area contributed by atoms with Gasteiger partial charge in [-0.1, -0.05) is 5.16 Å². The van der Waals surface area contributed by atoms with Crippen molar-refractivity contribution < 1.29 is 9.26 Å². The highest BCUT2D eigenvalue weighted by Gasteiger charge is 2.26. The van der Waals surface area contributed by atoms with E-state index in [4.69, 9.17) is 9.26 Å². The maximum Gasteiger partial charge on any atom is 0.231 e. The normalized spacial score (nSPS) is 30.8. The highest BCUT2D eigenvalue weighted by Crippen LogP contribution is 2.27. The van der Waals surface area contributed by atoms with Gasteiger partial charge in [0.1, 0.15) is 6.10 Å². The van der Waals surface area contributed by atoms with Crippen molar-refractivity contribution in [2.45, 2.75) is 18.4 Å². The number of ether oxygens (including phenoxy) is 1. The number of hydrogen-bond donors (Lipinski definition) is 1. The van der Waals surface area contributed by atoms with Gasteiger partial charge in [-0.05, 0) is 13.0 Å². The zero-order chi connectivity index (χ0) is 10.8. The molecular weight excluding hydrogens is 226 g/mol. The predicted octanol–water partition coefficient (Wildman–Crippen LogP) is 0.951. The van der Waals surface area contributed by atoms with Crippen LogP contribution < -0.4 is 5.32 Å². The zero-order valence-electron chi connectivity index (χ0n) is 9.02. The Morgan fingerprint density at radius 2 is 2.44 bits per heavy atom. The summed E-state index contributed by atoms with van der Waals surface area (Å²) in [5.41, 5.74) is 0. The topological polar surface area (TPSA) is 60.2 Å². The summed E-state index contributed by atoms with van der Waals surface area (Å²) < 4.78 is 10.9. The summed E-state index contributed by atoms with van der Waals surface area (Å²) in [6.07, 6.45) is 1.10.